The molecule has 1 aromatic carbocycles. The molecule has 102 valence electrons. The first-order chi connectivity index (χ1) is 8.29. The molecular formula is C11H12F5NO. The molecule has 1 unspecified atom stereocenters. The minimum Gasteiger partial charge on any atom is -0.370 e. The van der Waals surface area contributed by atoms with Gasteiger partial charge in [0.05, 0.1) is 6.61 Å². The Morgan fingerprint density at radius 2 is 1.89 bits per heavy atom. The molecule has 0 spiro atoms. The molecule has 1 rings (SSSR count). The maximum absolute atomic E-state index is 13.2. The number of hydrogen-bond donors (Lipinski definition) is 1. The van der Waals surface area contributed by atoms with Gasteiger partial charge in [0.1, 0.15) is 6.61 Å². The van der Waals surface area contributed by atoms with Crippen LogP contribution in [0.1, 0.15) is 5.56 Å². The van der Waals surface area contributed by atoms with Crippen LogP contribution in [-0.4, -0.2) is 25.4 Å². The van der Waals surface area contributed by atoms with E-state index < -0.39 is 30.5 Å². The van der Waals surface area contributed by atoms with E-state index in [1.165, 1.54) is 12.1 Å². The molecule has 0 bridgehead atoms. The number of halogens is 5. The molecule has 0 saturated carbocycles. The molecule has 0 amide bonds. The minimum atomic E-state index is -4.43. The van der Waals surface area contributed by atoms with Crippen LogP contribution in [0.5, 0.6) is 0 Å². The van der Waals surface area contributed by atoms with Crippen LogP contribution >= 0.6 is 0 Å². The predicted molar refractivity (Wildman–Crippen MR) is 54.9 cm³/mol. The molecule has 1 aromatic rings. The first kappa shape index (κ1) is 14.8. The Morgan fingerprint density at radius 3 is 2.50 bits per heavy atom. The number of nitrogens with two attached hydrogens (primary N) is 1. The summed E-state index contributed by atoms with van der Waals surface area (Å²) in [5.74, 6) is -2.06. The van der Waals surface area contributed by atoms with E-state index in [9.17, 15) is 22.0 Å². The predicted octanol–water partition coefficient (Wildman–Crippen LogP) is 2.41. The summed E-state index contributed by atoms with van der Waals surface area (Å²) in [5, 5.41) is 0. The highest BCUT2D eigenvalue weighted by Crippen LogP contribution is 2.15. The SMILES string of the molecule is NC(COCC(F)(F)F)Cc1cccc(F)c1F. The van der Waals surface area contributed by atoms with Crippen LogP contribution in [0.2, 0.25) is 0 Å². The average molecular weight is 269 g/mol. The fourth-order valence-electron chi connectivity index (χ4n) is 1.37. The van der Waals surface area contributed by atoms with Crippen molar-refractivity contribution in [1.29, 1.82) is 0 Å². The molecule has 18 heavy (non-hydrogen) atoms. The molecule has 0 aliphatic rings. The van der Waals surface area contributed by atoms with Gasteiger partial charge >= 0.3 is 6.18 Å². The largest absolute Gasteiger partial charge is 0.411 e. The zero-order valence-corrected chi connectivity index (χ0v) is 9.31. The Hall–Kier alpha value is -1.21. The van der Waals surface area contributed by atoms with Crippen molar-refractivity contribution in [3.05, 3.63) is 35.4 Å². The number of rotatable bonds is 5. The van der Waals surface area contributed by atoms with Gasteiger partial charge in [-0.1, -0.05) is 12.1 Å². The number of ether oxygens (including phenoxy) is 1. The molecule has 0 saturated heterocycles. The van der Waals surface area contributed by atoms with Crippen LogP contribution in [0.25, 0.3) is 0 Å². The van der Waals surface area contributed by atoms with E-state index in [1.807, 2.05) is 0 Å². The summed E-state index contributed by atoms with van der Waals surface area (Å²) in [7, 11) is 0. The van der Waals surface area contributed by atoms with E-state index >= 15 is 0 Å². The summed E-state index contributed by atoms with van der Waals surface area (Å²) in [6, 6.07) is 2.74. The van der Waals surface area contributed by atoms with Gasteiger partial charge in [0.25, 0.3) is 0 Å². The fourth-order valence-corrected chi connectivity index (χ4v) is 1.37. The van der Waals surface area contributed by atoms with Crippen molar-refractivity contribution < 1.29 is 26.7 Å². The van der Waals surface area contributed by atoms with Gasteiger partial charge in [0.2, 0.25) is 0 Å². The van der Waals surface area contributed by atoms with Crippen molar-refractivity contribution in [3.63, 3.8) is 0 Å². The summed E-state index contributed by atoms with van der Waals surface area (Å²) in [6.45, 7) is -1.79. The second kappa shape index (κ2) is 6.10. The molecular weight excluding hydrogens is 257 g/mol. The lowest BCUT2D eigenvalue weighted by Crippen LogP contribution is -2.31. The Morgan fingerprint density at radius 1 is 1.22 bits per heavy atom. The maximum atomic E-state index is 13.2. The monoisotopic (exact) mass is 269 g/mol. The van der Waals surface area contributed by atoms with Gasteiger partial charge in [-0.05, 0) is 18.1 Å². The topological polar surface area (TPSA) is 35.2 Å². The van der Waals surface area contributed by atoms with Crippen LogP contribution in [-0.2, 0) is 11.2 Å². The Labute approximate surface area is 101 Å². The number of alkyl halides is 3. The van der Waals surface area contributed by atoms with Crippen molar-refractivity contribution in [2.75, 3.05) is 13.2 Å². The Balaban J connectivity index is 2.45. The van der Waals surface area contributed by atoms with Gasteiger partial charge in [-0.25, -0.2) is 8.78 Å². The molecule has 1 atom stereocenters. The van der Waals surface area contributed by atoms with E-state index in [-0.39, 0.29) is 18.6 Å². The van der Waals surface area contributed by atoms with Gasteiger partial charge in [0.15, 0.2) is 11.6 Å². The van der Waals surface area contributed by atoms with Gasteiger partial charge in [0, 0.05) is 6.04 Å². The van der Waals surface area contributed by atoms with Crippen molar-refractivity contribution in [3.8, 4) is 0 Å². The van der Waals surface area contributed by atoms with Gasteiger partial charge in [-0.2, -0.15) is 13.2 Å². The van der Waals surface area contributed by atoms with Crippen LogP contribution in [0.15, 0.2) is 18.2 Å². The molecule has 7 heteroatoms. The van der Waals surface area contributed by atoms with Crippen molar-refractivity contribution >= 4 is 0 Å². The average Bonchev–Trinajstić information content (AvgIpc) is 2.23. The van der Waals surface area contributed by atoms with Gasteiger partial charge in [-0.3, -0.25) is 0 Å². The summed E-state index contributed by atoms with van der Waals surface area (Å²) in [6.07, 6.45) is -4.52. The molecule has 0 aromatic heterocycles. The summed E-state index contributed by atoms with van der Waals surface area (Å²) >= 11 is 0. The van der Waals surface area contributed by atoms with Crippen molar-refractivity contribution in [1.82, 2.24) is 0 Å². The molecule has 0 aliphatic carbocycles. The first-order valence-electron chi connectivity index (χ1n) is 5.12. The third kappa shape index (κ3) is 4.97. The normalized spacial score (nSPS) is 13.7. The lowest BCUT2D eigenvalue weighted by atomic mass is 10.1. The fraction of sp³-hybridized carbons (Fsp3) is 0.455. The molecule has 2 nitrogen and oxygen atoms in total. The minimum absolute atomic E-state index is 0.0121. The first-order valence-corrected chi connectivity index (χ1v) is 5.12. The number of benzene rings is 1. The standard InChI is InChI=1S/C11H12F5NO/c12-9-3-1-2-7(10(9)13)4-8(17)5-18-6-11(14,15)16/h1-3,8H,4-6,17H2. The summed E-state index contributed by atoms with van der Waals surface area (Å²) < 4.78 is 65.7. The second-order valence-corrected chi connectivity index (χ2v) is 3.81. The molecule has 0 fully saturated rings. The van der Waals surface area contributed by atoms with Crippen LogP contribution in [0.3, 0.4) is 0 Å². The van der Waals surface area contributed by atoms with Crippen LogP contribution in [0.4, 0.5) is 22.0 Å². The van der Waals surface area contributed by atoms with E-state index in [1.54, 1.807) is 0 Å². The third-order valence-corrected chi connectivity index (χ3v) is 2.11. The lowest BCUT2D eigenvalue weighted by Gasteiger charge is -2.14. The van der Waals surface area contributed by atoms with Gasteiger partial charge in [-0.15, -0.1) is 0 Å². The Kier molecular flexibility index (Phi) is 5.03. The summed E-state index contributed by atoms with van der Waals surface area (Å²) in [5.41, 5.74) is 5.48. The van der Waals surface area contributed by atoms with E-state index in [0.717, 1.165) is 6.07 Å². The van der Waals surface area contributed by atoms with E-state index in [4.69, 9.17) is 5.73 Å². The lowest BCUT2D eigenvalue weighted by molar-refractivity contribution is -0.174. The quantitative estimate of drug-likeness (QED) is 0.833. The van der Waals surface area contributed by atoms with Crippen LogP contribution < -0.4 is 5.73 Å². The molecule has 0 radical (unpaired) electrons. The maximum Gasteiger partial charge on any atom is 0.411 e. The van der Waals surface area contributed by atoms with Crippen molar-refractivity contribution in [2.45, 2.75) is 18.6 Å². The zero-order chi connectivity index (χ0) is 13.8. The van der Waals surface area contributed by atoms with Crippen molar-refractivity contribution in [2.24, 2.45) is 5.73 Å². The smallest absolute Gasteiger partial charge is 0.370 e. The number of hydrogen-bond acceptors (Lipinski definition) is 2. The highest BCUT2D eigenvalue weighted by Gasteiger charge is 2.27. The third-order valence-electron chi connectivity index (χ3n) is 2.11. The van der Waals surface area contributed by atoms with E-state index in [0.29, 0.717) is 0 Å². The second-order valence-electron chi connectivity index (χ2n) is 3.81. The summed E-state index contributed by atoms with van der Waals surface area (Å²) in [4.78, 5) is 0. The van der Waals surface area contributed by atoms with Crippen LogP contribution in [0, 0.1) is 11.6 Å². The highest BCUT2D eigenvalue weighted by molar-refractivity contribution is 5.19. The molecule has 0 aliphatic heterocycles. The van der Waals surface area contributed by atoms with E-state index in [2.05, 4.69) is 4.74 Å². The Bertz CT molecular complexity index is 394. The molecule has 2 N–H and O–H groups in total. The molecule has 0 heterocycles. The highest BCUT2D eigenvalue weighted by atomic mass is 19.4. The zero-order valence-electron chi connectivity index (χ0n) is 9.31. The van der Waals surface area contributed by atoms with Gasteiger partial charge < -0.3 is 10.5 Å².